The average molecular weight is 364 g/mol. The van der Waals surface area contributed by atoms with Gasteiger partial charge < -0.3 is 9.84 Å². The molecule has 2 aromatic rings. The van der Waals surface area contributed by atoms with Crippen molar-refractivity contribution in [1.82, 2.24) is 4.98 Å². The first-order valence-electron chi connectivity index (χ1n) is 7.60. The molecule has 1 aromatic heterocycles. The Hall–Kier alpha value is -2.61. The number of hydrogen-bond acceptors (Lipinski definition) is 5. The summed E-state index contributed by atoms with van der Waals surface area (Å²) in [6.07, 6.45) is 2.81. The SMILES string of the molecule is CCC(C(=O)O)N(c1ccc(-c2ccc(OC)nc2)cc1)S(C)(=O)=O. The van der Waals surface area contributed by atoms with Gasteiger partial charge in [-0.1, -0.05) is 19.1 Å². The van der Waals surface area contributed by atoms with E-state index in [2.05, 4.69) is 4.98 Å². The van der Waals surface area contributed by atoms with E-state index in [1.165, 1.54) is 7.11 Å². The molecule has 1 aromatic carbocycles. The van der Waals surface area contributed by atoms with Crippen LogP contribution >= 0.6 is 0 Å². The molecule has 0 saturated carbocycles. The predicted molar refractivity (Wildman–Crippen MR) is 95.3 cm³/mol. The van der Waals surface area contributed by atoms with E-state index in [4.69, 9.17) is 4.74 Å². The first-order valence-corrected chi connectivity index (χ1v) is 9.45. The molecule has 2 rings (SSSR count). The standard InChI is InChI=1S/C17H20N2O5S/c1-4-15(17(20)21)19(25(3,22)23)14-8-5-12(6-9-14)13-7-10-16(24-2)18-11-13/h5-11,15H,4H2,1-3H3,(H,20,21). The Morgan fingerprint density at radius 1 is 1.20 bits per heavy atom. The van der Waals surface area contributed by atoms with Crippen LogP contribution in [0.5, 0.6) is 5.88 Å². The fourth-order valence-electron chi connectivity index (χ4n) is 2.52. The number of methoxy groups -OCH3 is 1. The van der Waals surface area contributed by atoms with Crippen LogP contribution in [-0.2, 0) is 14.8 Å². The number of sulfonamides is 1. The molecule has 0 aliphatic rings. The maximum atomic E-state index is 12.1. The lowest BCUT2D eigenvalue weighted by molar-refractivity contribution is -0.138. The fourth-order valence-corrected chi connectivity index (χ4v) is 3.72. The largest absolute Gasteiger partial charge is 0.481 e. The second-order valence-electron chi connectivity index (χ2n) is 5.46. The third-order valence-corrected chi connectivity index (χ3v) is 4.89. The van der Waals surface area contributed by atoms with Gasteiger partial charge in [0.2, 0.25) is 15.9 Å². The first-order chi connectivity index (χ1) is 11.8. The summed E-state index contributed by atoms with van der Waals surface area (Å²) in [5.41, 5.74) is 1.97. The number of pyridine rings is 1. The Morgan fingerprint density at radius 2 is 1.80 bits per heavy atom. The number of aromatic nitrogens is 1. The summed E-state index contributed by atoms with van der Waals surface area (Å²) in [4.78, 5) is 15.5. The second kappa shape index (κ2) is 7.52. The number of benzene rings is 1. The molecule has 0 amide bonds. The minimum absolute atomic E-state index is 0.159. The Labute approximate surface area is 146 Å². The molecule has 7 nitrogen and oxygen atoms in total. The molecule has 1 heterocycles. The highest BCUT2D eigenvalue weighted by molar-refractivity contribution is 7.92. The Morgan fingerprint density at radius 3 is 2.20 bits per heavy atom. The van der Waals surface area contributed by atoms with Gasteiger partial charge in [-0.2, -0.15) is 0 Å². The van der Waals surface area contributed by atoms with E-state index in [9.17, 15) is 18.3 Å². The van der Waals surface area contributed by atoms with E-state index in [0.29, 0.717) is 11.6 Å². The van der Waals surface area contributed by atoms with Crippen molar-refractivity contribution in [3.63, 3.8) is 0 Å². The molecule has 0 aliphatic heterocycles. The molecule has 0 radical (unpaired) electrons. The average Bonchev–Trinajstić information content (AvgIpc) is 2.58. The van der Waals surface area contributed by atoms with Crippen LogP contribution in [0.15, 0.2) is 42.6 Å². The second-order valence-corrected chi connectivity index (χ2v) is 7.32. The van der Waals surface area contributed by atoms with E-state index in [1.807, 2.05) is 6.07 Å². The van der Waals surface area contributed by atoms with Crippen molar-refractivity contribution >= 4 is 21.7 Å². The van der Waals surface area contributed by atoms with Crippen molar-refractivity contribution in [3.05, 3.63) is 42.6 Å². The minimum atomic E-state index is -3.74. The smallest absolute Gasteiger partial charge is 0.327 e. The lowest BCUT2D eigenvalue weighted by Gasteiger charge is -2.28. The molecule has 8 heteroatoms. The highest BCUT2D eigenvalue weighted by atomic mass is 32.2. The van der Waals surface area contributed by atoms with Crippen LogP contribution < -0.4 is 9.04 Å². The number of aliphatic carboxylic acids is 1. The predicted octanol–water partition coefficient (Wildman–Crippen LogP) is 2.39. The van der Waals surface area contributed by atoms with Gasteiger partial charge in [-0.05, 0) is 30.2 Å². The highest BCUT2D eigenvalue weighted by Crippen LogP contribution is 2.27. The zero-order chi connectivity index (χ0) is 18.6. The number of ether oxygens (including phenoxy) is 1. The van der Waals surface area contributed by atoms with Crippen molar-refractivity contribution in [3.8, 4) is 17.0 Å². The van der Waals surface area contributed by atoms with E-state index >= 15 is 0 Å². The molecule has 1 atom stereocenters. The van der Waals surface area contributed by atoms with Gasteiger partial charge in [0.15, 0.2) is 0 Å². The number of carbonyl (C=O) groups is 1. The molecule has 0 bridgehead atoms. The third kappa shape index (κ3) is 4.27. The zero-order valence-electron chi connectivity index (χ0n) is 14.2. The van der Waals surface area contributed by atoms with E-state index in [0.717, 1.165) is 21.7 Å². The van der Waals surface area contributed by atoms with Crippen molar-refractivity contribution in [2.75, 3.05) is 17.7 Å². The zero-order valence-corrected chi connectivity index (χ0v) is 15.0. The molecule has 0 aliphatic carbocycles. The summed E-state index contributed by atoms with van der Waals surface area (Å²) < 4.78 is 30.2. The quantitative estimate of drug-likeness (QED) is 0.810. The summed E-state index contributed by atoms with van der Waals surface area (Å²) in [7, 11) is -2.21. The number of hydrogen-bond donors (Lipinski definition) is 1. The van der Waals surface area contributed by atoms with Crippen LogP contribution in [0.4, 0.5) is 5.69 Å². The van der Waals surface area contributed by atoms with E-state index in [1.54, 1.807) is 43.5 Å². The van der Waals surface area contributed by atoms with Gasteiger partial charge in [-0.3, -0.25) is 4.31 Å². The van der Waals surface area contributed by atoms with Gasteiger partial charge in [0.05, 0.1) is 19.1 Å². The van der Waals surface area contributed by atoms with Crippen LogP contribution in [0.3, 0.4) is 0 Å². The van der Waals surface area contributed by atoms with Crippen LogP contribution in [0, 0.1) is 0 Å². The molecule has 0 spiro atoms. The lowest BCUT2D eigenvalue weighted by atomic mass is 10.1. The normalized spacial score (nSPS) is 12.4. The lowest BCUT2D eigenvalue weighted by Crippen LogP contribution is -2.44. The van der Waals surface area contributed by atoms with Crippen LogP contribution in [0.2, 0.25) is 0 Å². The summed E-state index contributed by atoms with van der Waals surface area (Å²) in [5, 5.41) is 9.32. The maximum absolute atomic E-state index is 12.1. The number of anilines is 1. The van der Waals surface area contributed by atoms with Gasteiger partial charge in [0.25, 0.3) is 0 Å². The Kier molecular flexibility index (Phi) is 5.63. The van der Waals surface area contributed by atoms with E-state index < -0.39 is 22.0 Å². The number of carboxylic acid groups (broad SMARTS) is 1. The van der Waals surface area contributed by atoms with Crippen LogP contribution in [0.25, 0.3) is 11.1 Å². The van der Waals surface area contributed by atoms with Crippen molar-refractivity contribution in [2.24, 2.45) is 0 Å². The van der Waals surface area contributed by atoms with Gasteiger partial charge in [-0.15, -0.1) is 0 Å². The first kappa shape index (κ1) is 18.7. The maximum Gasteiger partial charge on any atom is 0.327 e. The third-order valence-electron chi connectivity index (χ3n) is 3.71. The van der Waals surface area contributed by atoms with Gasteiger partial charge >= 0.3 is 5.97 Å². The minimum Gasteiger partial charge on any atom is -0.481 e. The summed E-state index contributed by atoms with van der Waals surface area (Å²) in [6, 6.07) is 9.05. The number of rotatable bonds is 7. The number of nitrogens with zero attached hydrogens (tertiary/aromatic N) is 2. The molecule has 1 unspecified atom stereocenters. The molecular weight excluding hydrogens is 344 g/mol. The molecule has 25 heavy (non-hydrogen) atoms. The Balaban J connectivity index is 2.39. The molecule has 134 valence electrons. The highest BCUT2D eigenvalue weighted by Gasteiger charge is 2.31. The molecular formula is C17H20N2O5S. The fraction of sp³-hybridized carbons (Fsp3) is 0.294. The van der Waals surface area contributed by atoms with Gasteiger partial charge in [-0.25, -0.2) is 18.2 Å². The molecule has 1 N–H and O–H groups in total. The van der Waals surface area contributed by atoms with Crippen LogP contribution in [-0.4, -0.2) is 43.9 Å². The van der Waals surface area contributed by atoms with E-state index in [-0.39, 0.29) is 6.42 Å². The molecule has 0 saturated heterocycles. The summed E-state index contributed by atoms with van der Waals surface area (Å²) in [5.74, 6) is -0.688. The van der Waals surface area contributed by atoms with Gasteiger partial charge in [0.1, 0.15) is 6.04 Å². The number of carboxylic acids is 1. The van der Waals surface area contributed by atoms with Gasteiger partial charge in [0, 0.05) is 17.8 Å². The monoisotopic (exact) mass is 364 g/mol. The van der Waals surface area contributed by atoms with Crippen molar-refractivity contribution in [1.29, 1.82) is 0 Å². The summed E-state index contributed by atoms with van der Waals surface area (Å²) >= 11 is 0. The summed E-state index contributed by atoms with van der Waals surface area (Å²) in [6.45, 7) is 1.63. The molecule has 0 fully saturated rings. The van der Waals surface area contributed by atoms with Crippen LogP contribution in [0.1, 0.15) is 13.3 Å². The topological polar surface area (TPSA) is 96.8 Å². The van der Waals surface area contributed by atoms with Crippen molar-refractivity contribution in [2.45, 2.75) is 19.4 Å². The van der Waals surface area contributed by atoms with Crippen molar-refractivity contribution < 1.29 is 23.1 Å². The Bertz CT molecular complexity index is 832.